The molecule has 0 atom stereocenters. The lowest BCUT2D eigenvalue weighted by Crippen LogP contribution is -2.37. The van der Waals surface area contributed by atoms with Crippen molar-refractivity contribution in [3.05, 3.63) is 0 Å². The third-order valence-electron chi connectivity index (χ3n) is 3.25. The molecule has 0 aromatic rings. The van der Waals surface area contributed by atoms with E-state index < -0.39 is 0 Å². The van der Waals surface area contributed by atoms with Gasteiger partial charge in [0.2, 0.25) is 0 Å². The molecule has 0 unspecified atom stereocenters. The van der Waals surface area contributed by atoms with Crippen LogP contribution in [0.2, 0.25) is 0 Å². The molecule has 16 heavy (non-hydrogen) atoms. The Morgan fingerprint density at radius 2 is 1.88 bits per heavy atom. The summed E-state index contributed by atoms with van der Waals surface area (Å²) >= 11 is 0. The maximum Gasteiger partial charge on any atom is 0.0704 e. The van der Waals surface area contributed by atoms with Crippen LogP contribution in [0.4, 0.5) is 0 Å². The Balaban J connectivity index is 2.00. The Bertz CT molecular complexity index is 138. The highest BCUT2D eigenvalue weighted by molar-refractivity contribution is 4.72. The Kier molecular flexibility index (Phi) is 7.81. The second kappa shape index (κ2) is 8.97. The molecule has 1 heterocycles. The average molecular weight is 229 g/mol. The molecular formula is C13H27NO2. The fourth-order valence-corrected chi connectivity index (χ4v) is 2.18. The van der Waals surface area contributed by atoms with Crippen LogP contribution in [0.15, 0.2) is 0 Å². The molecule has 0 bridgehead atoms. The minimum Gasteiger partial charge on any atom is -0.382 e. The lowest BCUT2D eigenvalue weighted by molar-refractivity contribution is -0.0147. The highest BCUT2D eigenvalue weighted by atomic mass is 16.5. The SMILES string of the molecule is CCCCCN1CCC(OCCOC)CC1. The fourth-order valence-electron chi connectivity index (χ4n) is 2.18. The zero-order valence-corrected chi connectivity index (χ0v) is 10.9. The third-order valence-corrected chi connectivity index (χ3v) is 3.25. The van der Waals surface area contributed by atoms with Crippen LogP contribution in [0.5, 0.6) is 0 Å². The maximum atomic E-state index is 5.75. The van der Waals surface area contributed by atoms with Gasteiger partial charge < -0.3 is 14.4 Å². The molecule has 1 aliphatic rings. The molecule has 0 spiro atoms. The lowest BCUT2D eigenvalue weighted by atomic mass is 10.1. The molecule has 0 saturated carbocycles. The number of hydrogen-bond acceptors (Lipinski definition) is 3. The molecule has 96 valence electrons. The van der Waals surface area contributed by atoms with E-state index in [9.17, 15) is 0 Å². The normalized spacial score (nSPS) is 19.1. The van der Waals surface area contributed by atoms with Gasteiger partial charge in [0.1, 0.15) is 0 Å². The van der Waals surface area contributed by atoms with Gasteiger partial charge in [-0.15, -0.1) is 0 Å². The predicted molar refractivity (Wildman–Crippen MR) is 66.8 cm³/mol. The van der Waals surface area contributed by atoms with Gasteiger partial charge in [-0.3, -0.25) is 0 Å². The molecule has 3 nitrogen and oxygen atoms in total. The van der Waals surface area contributed by atoms with Gasteiger partial charge in [0.25, 0.3) is 0 Å². The van der Waals surface area contributed by atoms with E-state index in [1.165, 1.54) is 51.7 Å². The van der Waals surface area contributed by atoms with Gasteiger partial charge in [-0.2, -0.15) is 0 Å². The lowest BCUT2D eigenvalue weighted by Gasteiger charge is -2.31. The molecule has 0 amide bonds. The van der Waals surface area contributed by atoms with Crippen LogP contribution < -0.4 is 0 Å². The van der Waals surface area contributed by atoms with Gasteiger partial charge in [0, 0.05) is 20.2 Å². The molecular weight excluding hydrogens is 202 g/mol. The number of nitrogens with zero attached hydrogens (tertiary/aromatic N) is 1. The third kappa shape index (κ3) is 5.83. The number of hydrogen-bond donors (Lipinski definition) is 0. The maximum absolute atomic E-state index is 5.75. The first-order chi connectivity index (χ1) is 7.86. The van der Waals surface area contributed by atoms with Crippen molar-refractivity contribution in [3.8, 4) is 0 Å². The van der Waals surface area contributed by atoms with Crippen molar-refractivity contribution >= 4 is 0 Å². The van der Waals surface area contributed by atoms with Crippen molar-refractivity contribution in [3.63, 3.8) is 0 Å². The summed E-state index contributed by atoms with van der Waals surface area (Å²) in [5.41, 5.74) is 0. The zero-order chi connectivity index (χ0) is 11.6. The summed E-state index contributed by atoms with van der Waals surface area (Å²) in [6.07, 6.45) is 6.88. The van der Waals surface area contributed by atoms with Crippen molar-refractivity contribution in [2.24, 2.45) is 0 Å². The second-order valence-corrected chi connectivity index (χ2v) is 4.61. The first kappa shape index (κ1) is 13.9. The average Bonchev–Trinajstić information content (AvgIpc) is 2.32. The molecule has 1 fully saturated rings. The summed E-state index contributed by atoms with van der Waals surface area (Å²) in [4.78, 5) is 2.58. The second-order valence-electron chi connectivity index (χ2n) is 4.61. The number of piperidine rings is 1. The van der Waals surface area contributed by atoms with Gasteiger partial charge in [-0.05, 0) is 25.8 Å². The van der Waals surface area contributed by atoms with Crippen molar-refractivity contribution in [1.29, 1.82) is 0 Å². The number of unbranched alkanes of at least 4 members (excludes halogenated alkanes) is 2. The van der Waals surface area contributed by atoms with E-state index in [0.29, 0.717) is 6.10 Å². The summed E-state index contributed by atoms with van der Waals surface area (Å²) < 4.78 is 10.7. The first-order valence-electron chi connectivity index (χ1n) is 6.69. The van der Waals surface area contributed by atoms with Crippen molar-refractivity contribution in [1.82, 2.24) is 4.90 Å². The van der Waals surface area contributed by atoms with E-state index in [1.54, 1.807) is 7.11 Å². The molecule has 1 rings (SSSR count). The monoisotopic (exact) mass is 229 g/mol. The van der Waals surface area contributed by atoms with E-state index in [1.807, 2.05) is 0 Å². The Labute approximate surface area is 100 Å². The van der Waals surface area contributed by atoms with Crippen molar-refractivity contribution < 1.29 is 9.47 Å². The topological polar surface area (TPSA) is 21.7 Å². The van der Waals surface area contributed by atoms with E-state index >= 15 is 0 Å². The number of methoxy groups -OCH3 is 1. The van der Waals surface area contributed by atoms with Crippen LogP contribution in [0.3, 0.4) is 0 Å². The van der Waals surface area contributed by atoms with Crippen LogP contribution in [-0.2, 0) is 9.47 Å². The summed E-state index contributed by atoms with van der Waals surface area (Å²) in [6, 6.07) is 0. The summed E-state index contributed by atoms with van der Waals surface area (Å²) in [6.45, 7) is 7.42. The number of likely N-dealkylation sites (tertiary alicyclic amines) is 1. The van der Waals surface area contributed by atoms with Gasteiger partial charge in [-0.25, -0.2) is 0 Å². The van der Waals surface area contributed by atoms with Gasteiger partial charge in [-0.1, -0.05) is 19.8 Å². The molecule has 1 saturated heterocycles. The Morgan fingerprint density at radius 3 is 2.50 bits per heavy atom. The molecule has 0 N–H and O–H groups in total. The molecule has 0 radical (unpaired) electrons. The van der Waals surface area contributed by atoms with Gasteiger partial charge in [0.15, 0.2) is 0 Å². The number of rotatable bonds is 8. The largest absolute Gasteiger partial charge is 0.382 e. The zero-order valence-electron chi connectivity index (χ0n) is 10.9. The van der Waals surface area contributed by atoms with Gasteiger partial charge >= 0.3 is 0 Å². The van der Waals surface area contributed by atoms with E-state index in [4.69, 9.17) is 9.47 Å². The Hall–Kier alpha value is -0.120. The minimum absolute atomic E-state index is 0.470. The van der Waals surface area contributed by atoms with Crippen LogP contribution >= 0.6 is 0 Å². The summed E-state index contributed by atoms with van der Waals surface area (Å²) in [5.74, 6) is 0. The minimum atomic E-state index is 0.470. The molecule has 1 aliphatic heterocycles. The van der Waals surface area contributed by atoms with Crippen LogP contribution in [0.1, 0.15) is 39.0 Å². The fraction of sp³-hybridized carbons (Fsp3) is 1.00. The van der Waals surface area contributed by atoms with E-state index in [-0.39, 0.29) is 0 Å². The summed E-state index contributed by atoms with van der Waals surface area (Å²) in [5, 5.41) is 0. The predicted octanol–water partition coefficient (Wildman–Crippen LogP) is 2.30. The quantitative estimate of drug-likeness (QED) is 0.596. The summed E-state index contributed by atoms with van der Waals surface area (Å²) in [7, 11) is 1.72. The van der Waals surface area contributed by atoms with Crippen LogP contribution in [0, 0.1) is 0 Å². The van der Waals surface area contributed by atoms with E-state index in [0.717, 1.165) is 13.2 Å². The number of ether oxygens (including phenoxy) is 2. The molecule has 3 heteroatoms. The smallest absolute Gasteiger partial charge is 0.0704 e. The van der Waals surface area contributed by atoms with Gasteiger partial charge in [0.05, 0.1) is 19.3 Å². The van der Waals surface area contributed by atoms with Crippen molar-refractivity contribution in [2.75, 3.05) is 40.0 Å². The van der Waals surface area contributed by atoms with Crippen molar-refractivity contribution in [2.45, 2.75) is 45.1 Å². The highest BCUT2D eigenvalue weighted by Crippen LogP contribution is 2.14. The van der Waals surface area contributed by atoms with E-state index in [2.05, 4.69) is 11.8 Å². The molecule has 0 aromatic carbocycles. The first-order valence-corrected chi connectivity index (χ1v) is 6.69. The van der Waals surface area contributed by atoms with Crippen LogP contribution in [-0.4, -0.2) is 51.0 Å². The van der Waals surface area contributed by atoms with Crippen LogP contribution in [0.25, 0.3) is 0 Å². The molecule has 0 aromatic heterocycles. The Morgan fingerprint density at radius 1 is 1.12 bits per heavy atom. The standard InChI is InChI=1S/C13H27NO2/c1-3-4-5-8-14-9-6-13(7-10-14)16-12-11-15-2/h13H,3-12H2,1-2H3. The highest BCUT2D eigenvalue weighted by Gasteiger charge is 2.18. The molecule has 0 aliphatic carbocycles.